The number of rotatable bonds is 5. The predicted molar refractivity (Wildman–Crippen MR) is 84.5 cm³/mol. The van der Waals surface area contributed by atoms with Crippen molar-refractivity contribution in [2.75, 3.05) is 0 Å². The highest BCUT2D eigenvalue weighted by atomic mass is 35.5. The molecule has 0 unspecified atom stereocenters. The first kappa shape index (κ1) is 15.2. The average molecular weight is 329 g/mol. The van der Waals surface area contributed by atoms with Crippen molar-refractivity contribution in [2.45, 2.75) is 13.2 Å². The SMILES string of the molecule is O=C(Cn1nnc(-c2ccccc2)n1)OCc1cccc(Cl)c1. The summed E-state index contributed by atoms with van der Waals surface area (Å²) in [6, 6.07) is 16.6. The molecule has 0 amide bonds. The van der Waals surface area contributed by atoms with E-state index in [0.29, 0.717) is 10.8 Å². The van der Waals surface area contributed by atoms with Crippen molar-refractivity contribution < 1.29 is 9.53 Å². The Morgan fingerprint density at radius 2 is 1.96 bits per heavy atom. The van der Waals surface area contributed by atoms with Crippen LogP contribution in [0.15, 0.2) is 54.6 Å². The number of carbonyl (C=O) groups is 1. The van der Waals surface area contributed by atoms with Gasteiger partial charge < -0.3 is 4.74 Å². The second-order valence-corrected chi connectivity index (χ2v) is 5.24. The maximum Gasteiger partial charge on any atom is 0.330 e. The molecule has 0 fully saturated rings. The minimum atomic E-state index is -0.443. The quantitative estimate of drug-likeness (QED) is 0.673. The molecule has 0 aliphatic heterocycles. The van der Waals surface area contributed by atoms with Gasteiger partial charge in [-0.1, -0.05) is 54.1 Å². The largest absolute Gasteiger partial charge is 0.459 e. The molecule has 0 aliphatic rings. The Morgan fingerprint density at radius 3 is 2.74 bits per heavy atom. The van der Waals surface area contributed by atoms with Gasteiger partial charge in [0.2, 0.25) is 5.82 Å². The fourth-order valence-electron chi connectivity index (χ4n) is 1.96. The maximum atomic E-state index is 11.8. The van der Waals surface area contributed by atoms with Gasteiger partial charge in [-0.15, -0.1) is 10.2 Å². The Hall–Kier alpha value is -2.73. The third-order valence-electron chi connectivity index (χ3n) is 3.04. The molecule has 0 radical (unpaired) electrons. The highest BCUT2D eigenvalue weighted by Gasteiger charge is 2.10. The normalized spacial score (nSPS) is 10.5. The minimum absolute atomic E-state index is 0.0968. The van der Waals surface area contributed by atoms with Gasteiger partial charge in [0.25, 0.3) is 0 Å². The molecular formula is C16H13ClN4O2. The summed E-state index contributed by atoms with van der Waals surface area (Å²) in [5.41, 5.74) is 1.66. The first-order valence-electron chi connectivity index (χ1n) is 6.94. The summed E-state index contributed by atoms with van der Waals surface area (Å²) in [6.45, 7) is 0.0556. The van der Waals surface area contributed by atoms with E-state index in [2.05, 4.69) is 15.4 Å². The van der Waals surface area contributed by atoms with Crippen molar-refractivity contribution >= 4 is 17.6 Å². The number of ether oxygens (including phenoxy) is 1. The highest BCUT2D eigenvalue weighted by molar-refractivity contribution is 6.30. The zero-order valence-electron chi connectivity index (χ0n) is 12.1. The lowest BCUT2D eigenvalue weighted by Gasteiger charge is -2.04. The van der Waals surface area contributed by atoms with Gasteiger partial charge in [-0.3, -0.25) is 0 Å². The number of benzene rings is 2. The van der Waals surface area contributed by atoms with Crippen molar-refractivity contribution in [1.29, 1.82) is 0 Å². The minimum Gasteiger partial charge on any atom is -0.459 e. The number of aromatic nitrogens is 4. The predicted octanol–water partition coefficient (Wildman–Crippen LogP) is 2.74. The molecule has 116 valence electrons. The molecular weight excluding hydrogens is 316 g/mol. The molecule has 3 aromatic rings. The average Bonchev–Trinajstić information content (AvgIpc) is 3.02. The Kier molecular flexibility index (Phi) is 4.63. The third-order valence-corrected chi connectivity index (χ3v) is 3.28. The van der Waals surface area contributed by atoms with E-state index >= 15 is 0 Å². The number of carbonyl (C=O) groups excluding carboxylic acids is 1. The van der Waals surface area contributed by atoms with Gasteiger partial charge in [-0.05, 0) is 22.9 Å². The van der Waals surface area contributed by atoms with Gasteiger partial charge in [0.15, 0.2) is 6.54 Å². The molecule has 1 aromatic heterocycles. The Bertz CT molecular complexity index is 805. The third kappa shape index (κ3) is 4.14. The van der Waals surface area contributed by atoms with Crippen LogP contribution in [0.1, 0.15) is 5.56 Å². The monoisotopic (exact) mass is 328 g/mol. The number of halogens is 1. The fraction of sp³-hybridized carbons (Fsp3) is 0.125. The Morgan fingerprint density at radius 1 is 1.13 bits per heavy atom. The number of hydrogen-bond acceptors (Lipinski definition) is 5. The highest BCUT2D eigenvalue weighted by Crippen LogP contribution is 2.13. The van der Waals surface area contributed by atoms with E-state index in [1.807, 2.05) is 36.4 Å². The van der Waals surface area contributed by atoms with E-state index < -0.39 is 5.97 Å². The molecule has 3 rings (SSSR count). The van der Waals surface area contributed by atoms with Gasteiger partial charge in [0.1, 0.15) is 6.61 Å². The van der Waals surface area contributed by atoms with E-state index in [1.165, 1.54) is 4.80 Å². The first-order chi connectivity index (χ1) is 11.2. The summed E-state index contributed by atoms with van der Waals surface area (Å²) in [5, 5.41) is 12.5. The van der Waals surface area contributed by atoms with Crippen LogP contribution in [0, 0.1) is 0 Å². The van der Waals surface area contributed by atoms with Crippen LogP contribution in [0.25, 0.3) is 11.4 Å². The Labute approximate surface area is 137 Å². The fourth-order valence-corrected chi connectivity index (χ4v) is 2.18. The molecule has 0 bridgehead atoms. The number of tetrazole rings is 1. The number of esters is 1. The van der Waals surface area contributed by atoms with Gasteiger partial charge in [0.05, 0.1) is 0 Å². The van der Waals surface area contributed by atoms with Crippen molar-refractivity contribution in [3.05, 3.63) is 65.2 Å². The summed E-state index contributed by atoms with van der Waals surface area (Å²) < 4.78 is 5.18. The molecule has 0 atom stereocenters. The van der Waals surface area contributed by atoms with Gasteiger partial charge in [0, 0.05) is 10.6 Å². The Balaban J connectivity index is 1.57. The zero-order valence-corrected chi connectivity index (χ0v) is 12.8. The summed E-state index contributed by atoms with van der Waals surface area (Å²) in [4.78, 5) is 13.0. The lowest BCUT2D eigenvalue weighted by Crippen LogP contribution is -2.15. The van der Waals surface area contributed by atoms with Gasteiger partial charge >= 0.3 is 5.97 Å². The molecule has 0 aliphatic carbocycles. The van der Waals surface area contributed by atoms with Crippen molar-refractivity contribution in [1.82, 2.24) is 20.2 Å². The van der Waals surface area contributed by atoms with E-state index in [9.17, 15) is 4.79 Å². The topological polar surface area (TPSA) is 69.9 Å². The second-order valence-electron chi connectivity index (χ2n) is 4.80. The van der Waals surface area contributed by atoms with Crippen molar-refractivity contribution in [3.8, 4) is 11.4 Å². The van der Waals surface area contributed by atoms with Gasteiger partial charge in [-0.25, -0.2) is 4.79 Å². The number of nitrogens with zero attached hydrogens (tertiary/aromatic N) is 4. The van der Waals surface area contributed by atoms with Crippen LogP contribution < -0.4 is 0 Å². The van der Waals surface area contributed by atoms with Crippen LogP contribution in [-0.4, -0.2) is 26.2 Å². The van der Waals surface area contributed by atoms with Crippen LogP contribution >= 0.6 is 11.6 Å². The molecule has 23 heavy (non-hydrogen) atoms. The van der Waals surface area contributed by atoms with Crippen molar-refractivity contribution in [2.24, 2.45) is 0 Å². The molecule has 0 N–H and O–H groups in total. The van der Waals surface area contributed by atoms with E-state index in [1.54, 1.807) is 18.2 Å². The van der Waals surface area contributed by atoms with E-state index in [4.69, 9.17) is 16.3 Å². The van der Waals surface area contributed by atoms with Crippen LogP contribution in [0.3, 0.4) is 0 Å². The molecule has 0 saturated carbocycles. The summed E-state index contributed by atoms with van der Waals surface area (Å²) in [6.07, 6.45) is 0. The molecule has 1 heterocycles. The lowest BCUT2D eigenvalue weighted by molar-refractivity contribution is -0.146. The van der Waals surface area contributed by atoms with E-state index in [-0.39, 0.29) is 13.2 Å². The lowest BCUT2D eigenvalue weighted by atomic mass is 10.2. The van der Waals surface area contributed by atoms with Crippen LogP contribution in [0.4, 0.5) is 0 Å². The smallest absolute Gasteiger partial charge is 0.330 e. The molecule has 2 aromatic carbocycles. The summed E-state index contributed by atoms with van der Waals surface area (Å²) in [7, 11) is 0. The van der Waals surface area contributed by atoms with E-state index in [0.717, 1.165) is 11.1 Å². The summed E-state index contributed by atoms with van der Waals surface area (Å²) >= 11 is 5.88. The van der Waals surface area contributed by atoms with Crippen LogP contribution in [0.5, 0.6) is 0 Å². The summed E-state index contributed by atoms with van der Waals surface area (Å²) in [5.74, 6) is 0.0234. The van der Waals surface area contributed by atoms with Gasteiger partial charge in [-0.2, -0.15) is 4.80 Å². The number of hydrogen-bond donors (Lipinski definition) is 0. The zero-order chi connectivity index (χ0) is 16.1. The first-order valence-corrected chi connectivity index (χ1v) is 7.32. The maximum absolute atomic E-state index is 11.8. The standard InChI is InChI=1S/C16H13ClN4O2/c17-14-8-4-5-12(9-14)11-23-15(22)10-21-19-16(18-20-21)13-6-2-1-3-7-13/h1-9H,10-11H2. The van der Waals surface area contributed by atoms with Crippen molar-refractivity contribution in [3.63, 3.8) is 0 Å². The second kappa shape index (κ2) is 7.02. The van der Waals surface area contributed by atoms with Crippen LogP contribution in [-0.2, 0) is 22.7 Å². The molecule has 0 spiro atoms. The molecule has 0 saturated heterocycles. The van der Waals surface area contributed by atoms with Crippen LogP contribution in [0.2, 0.25) is 5.02 Å². The molecule has 6 nitrogen and oxygen atoms in total. The molecule has 7 heteroatoms.